The third-order valence-corrected chi connectivity index (χ3v) is 2.98. The molecule has 2 N–H and O–H groups in total. The van der Waals surface area contributed by atoms with Gasteiger partial charge in [-0.15, -0.1) is 0 Å². The van der Waals surface area contributed by atoms with E-state index in [1.165, 1.54) is 0 Å². The summed E-state index contributed by atoms with van der Waals surface area (Å²) in [5.74, 6) is -3.72. The first-order chi connectivity index (χ1) is 13.6. The minimum absolute atomic E-state index is 0.0120. The van der Waals surface area contributed by atoms with Crippen LogP contribution in [0.5, 0.6) is 0 Å². The van der Waals surface area contributed by atoms with Crippen LogP contribution < -0.4 is 11.3 Å². The van der Waals surface area contributed by atoms with Gasteiger partial charge >= 0.3 is 0 Å². The number of carbonyl (C=O) groups is 2. The zero-order valence-corrected chi connectivity index (χ0v) is 10.6. The second-order valence-corrected chi connectivity index (χ2v) is 4.37. The zero-order chi connectivity index (χ0) is 23.0. The molecule has 3 rings (SSSR count). The van der Waals surface area contributed by atoms with Crippen molar-refractivity contribution in [2.45, 2.75) is 32.1 Å². The number of benzene rings is 1. The van der Waals surface area contributed by atoms with Crippen molar-refractivity contribution in [2.24, 2.45) is 0 Å². The van der Waals surface area contributed by atoms with Gasteiger partial charge in [0.2, 0.25) is 0 Å². The summed E-state index contributed by atoms with van der Waals surface area (Å²) in [4.78, 5) is 41.5. The molecule has 0 aliphatic heterocycles. The third-order valence-electron chi connectivity index (χ3n) is 2.98. The van der Waals surface area contributed by atoms with Crippen LogP contribution in [0.4, 0.5) is 5.69 Å². The monoisotopic (exact) mass is 294 g/mol. The SMILES string of the molecule is [2H]c1cc(N)c2c(=O)n(C3([2H])C(=O)CC(=O)C([2H])C3([2H])[2H])c(C([2H])([2H])[2H])nc2c1[2H]. The second kappa shape index (κ2) is 4.80. The molecule has 1 heterocycles. The summed E-state index contributed by atoms with van der Waals surface area (Å²) in [5.41, 5.74) is 3.41. The summed E-state index contributed by atoms with van der Waals surface area (Å²) in [6.45, 7) is -3.25. The summed E-state index contributed by atoms with van der Waals surface area (Å²) < 4.78 is 71.3. The Morgan fingerprint density at radius 1 is 1.57 bits per heavy atom. The Balaban J connectivity index is 2.59. The number of rotatable bonds is 1. The molecule has 2 unspecified atom stereocenters. The second-order valence-electron chi connectivity index (χ2n) is 4.37. The van der Waals surface area contributed by atoms with Crippen LogP contribution >= 0.6 is 0 Å². The number of carbonyl (C=O) groups excluding carboxylic acids is 2. The van der Waals surface area contributed by atoms with Crippen LogP contribution in [0.3, 0.4) is 0 Å². The zero-order valence-electron chi connectivity index (χ0n) is 19.6. The maximum absolute atomic E-state index is 13.3. The lowest BCUT2D eigenvalue weighted by molar-refractivity contribution is -0.132. The number of aromatic nitrogens is 2. The highest BCUT2D eigenvalue weighted by Gasteiger charge is 2.30. The van der Waals surface area contributed by atoms with Crippen molar-refractivity contribution in [2.75, 3.05) is 5.73 Å². The average Bonchev–Trinajstić information content (AvgIpc) is 2.61. The number of nitrogens with two attached hydrogens (primary N) is 1. The van der Waals surface area contributed by atoms with Gasteiger partial charge in [-0.1, -0.05) is 6.04 Å². The van der Waals surface area contributed by atoms with E-state index in [0.29, 0.717) is 0 Å². The Bertz CT molecular complexity index is 1170. The van der Waals surface area contributed by atoms with Crippen LogP contribution in [0.2, 0.25) is 0 Å². The van der Waals surface area contributed by atoms with Crippen LogP contribution in [0.25, 0.3) is 10.9 Å². The molecule has 1 aromatic heterocycles. The molecule has 1 saturated carbocycles. The standard InChI is InChI=1S/C15H15N3O3/c1-8-17-11-4-2-3-10(16)14(11)15(21)18(8)12-6-5-9(19)7-13(12)20/h2-4,12H,5-7,16H2,1H3/i1D3,2D,4D,5D,6D2,12D. The van der Waals surface area contributed by atoms with Gasteiger partial charge in [-0.05, 0) is 25.3 Å². The molecule has 2 aromatic rings. The number of Topliss-reactive ketones (excluding diaryl/α,β-unsaturated/α-hetero) is 2. The van der Waals surface area contributed by atoms with Gasteiger partial charge in [0.1, 0.15) is 11.6 Å². The molecule has 1 aromatic carbocycles. The average molecular weight is 294 g/mol. The van der Waals surface area contributed by atoms with E-state index < -0.39 is 78.0 Å². The molecule has 1 aliphatic carbocycles. The lowest BCUT2D eigenvalue weighted by Crippen LogP contribution is -2.36. The summed E-state index contributed by atoms with van der Waals surface area (Å²) in [7, 11) is 0. The van der Waals surface area contributed by atoms with E-state index in [1.807, 2.05) is 0 Å². The van der Waals surface area contributed by atoms with E-state index in [2.05, 4.69) is 4.98 Å². The highest BCUT2D eigenvalue weighted by atomic mass is 16.2. The quantitative estimate of drug-likeness (QED) is 0.629. The smallest absolute Gasteiger partial charge is 0.264 e. The molecule has 0 spiro atoms. The number of fused-ring (bicyclic) bond motifs is 1. The molecule has 0 saturated heterocycles. The number of nitrogens with zero attached hydrogens (tertiary/aromatic N) is 2. The van der Waals surface area contributed by atoms with Crippen LogP contribution in [0, 0.1) is 6.85 Å². The molecule has 6 heteroatoms. The number of nitrogen functional groups attached to an aromatic ring is 1. The van der Waals surface area contributed by atoms with Crippen molar-refractivity contribution in [3.63, 3.8) is 0 Å². The minimum atomic E-state index is -3.30. The number of anilines is 1. The molecule has 0 amide bonds. The summed E-state index contributed by atoms with van der Waals surface area (Å²) in [6.07, 6.45) is -6.57. The van der Waals surface area contributed by atoms with Crippen molar-refractivity contribution in [3.05, 3.63) is 34.3 Å². The molecule has 21 heavy (non-hydrogen) atoms. The molecule has 6 nitrogen and oxygen atoms in total. The molecule has 0 bridgehead atoms. The Labute approximate surface area is 133 Å². The Hall–Kier alpha value is -2.50. The van der Waals surface area contributed by atoms with Crippen LogP contribution in [-0.2, 0) is 9.59 Å². The third kappa shape index (κ3) is 2.12. The molecule has 108 valence electrons. The van der Waals surface area contributed by atoms with E-state index >= 15 is 0 Å². The number of hydrogen-bond donors (Lipinski definition) is 1. The van der Waals surface area contributed by atoms with Crippen molar-refractivity contribution >= 4 is 28.2 Å². The van der Waals surface area contributed by atoms with Crippen molar-refractivity contribution in [1.29, 1.82) is 0 Å². The number of hydrogen-bond acceptors (Lipinski definition) is 5. The molecule has 0 radical (unpaired) electrons. The van der Waals surface area contributed by atoms with E-state index in [1.54, 1.807) is 0 Å². The highest BCUT2D eigenvalue weighted by molar-refractivity contribution is 6.03. The summed E-state index contributed by atoms with van der Waals surface area (Å²) in [5, 5.41) is -0.572. The van der Waals surface area contributed by atoms with Gasteiger partial charge < -0.3 is 5.73 Å². The highest BCUT2D eigenvalue weighted by Crippen LogP contribution is 2.24. The Morgan fingerprint density at radius 2 is 2.38 bits per heavy atom. The van der Waals surface area contributed by atoms with Crippen LogP contribution in [0.1, 0.15) is 43.4 Å². The van der Waals surface area contributed by atoms with Crippen molar-refractivity contribution in [1.82, 2.24) is 9.55 Å². The molecule has 2 atom stereocenters. The summed E-state index contributed by atoms with van der Waals surface area (Å²) >= 11 is 0. The molecular weight excluding hydrogens is 270 g/mol. The van der Waals surface area contributed by atoms with Gasteiger partial charge in [0.15, 0.2) is 5.78 Å². The van der Waals surface area contributed by atoms with E-state index in [0.717, 1.165) is 6.07 Å². The molecule has 1 aliphatic rings. The van der Waals surface area contributed by atoms with Crippen LogP contribution in [0.15, 0.2) is 22.9 Å². The van der Waals surface area contributed by atoms with Gasteiger partial charge in [0, 0.05) is 20.3 Å². The van der Waals surface area contributed by atoms with E-state index in [4.69, 9.17) is 18.1 Å². The number of ketones is 2. The predicted molar refractivity (Wildman–Crippen MR) is 78.1 cm³/mol. The van der Waals surface area contributed by atoms with Gasteiger partial charge in [-0.2, -0.15) is 0 Å². The lowest BCUT2D eigenvalue weighted by Gasteiger charge is -2.24. The van der Waals surface area contributed by atoms with Crippen molar-refractivity contribution in [3.8, 4) is 0 Å². The summed E-state index contributed by atoms with van der Waals surface area (Å²) in [6, 6.07) is -3.45. The first kappa shape index (κ1) is 6.51. The Kier molecular flexibility index (Phi) is 1.49. The fraction of sp³-hybridized carbons (Fsp3) is 0.333. The molecule has 1 fully saturated rings. The fourth-order valence-electron chi connectivity index (χ4n) is 2.05. The van der Waals surface area contributed by atoms with Gasteiger partial charge in [-0.25, -0.2) is 4.98 Å². The van der Waals surface area contributed by atoms with Gasteiger partial charge in [0.25, 0.3) is 5.56 Å². The van der Waals surface area contributed by atoms with Gasteiger partial charge in [0.05, 0.1) is 27.5 Å². The van der Waals surface area contributed by atoms with Crippen LogP contribution in [-0.4, -0.2) is 21.1 Å². The predicted octanol–water partition coefficient (Wildman–Crippen LogP) is 1.15. The maximum Gasteiger partial charge on any atom is 0.264 e. The maximum atomic E-state index is 13.3. The Morgan fingerprint density at radius 3 is 3.14 bits per heavy atom. The fourth-order valence-corrected chi connectivity index (χ4v) is 2.05. The van der Waals surface area contributed by atoms with E-state index in [-0.39, 0.29) is 10.3 Å². The lowest BCUT2D eigenvalue weighted by atomic mass is 9.92. The first-order valence-electron chi connectivity index (χ1n) is 10.5. The largest absolute Gasteiger partial charge is 0.398 e. The van der Waals surface area contributed by atoms with E-state index in [9.17, 15) is 14.4 Å². The topological polar surface area (TPSA) is 95.0 Å². The van der Waals surface area contributed by atoms with Gasteiger partial charge in [-0.3, -0.25) is 19.0 Å². The first-order valence-corrected chi connectivity index (χ1v) is 5.88. The molecular formula is C15H15N3O3. The van der Waals surface area contributed by atoms with Crippen molar-refractivity contribution < 1.29 is 21.9 Å². The normalized spacial score (nSPS) is 35.4. The number of aryl methyl sites for hydroxylation is 1. The minimum Gasteiger partial charge on any atom is -0.398 e.